The number of ether oxygens (including phenoxy) is 8. The van der Waals surface area contributed by atoms with E-state index in [2.05, 4.69) is 21.3 Å². The van der Waals surface area contributed by atoms with Gasteiger partial charge in [-0.1, -0.05) is 0 Å². The van der Waals surface area contributed by atoms with Crippen molar-refractivity contribution in [2.45, 2.75) is 105 Å². The maximum atomic E-state index is 14.4. The minimum Gasteiger partial charge on any atom is -0.491 e. The van der Waals surface area contributed by atoms with Crippen LogP contribution in [0, 0.1) is 0 Å². The van der Waals surface area contributed by atoms with Gasteiger partial charge in [0.2, 0.25) is 0 Å². The topological polar surface area (TPSA) is 339 Å². The second kappa shape index (κ2) is 32.5. The van der Waals surface area contributed by atoms with Gasteiger partial charge in [0, 0.05) is 74.4 Å². The van der Waals surface area contributed by atoms with Crippen LogP contribution in [0.5, 0.6) is 23.0 Å². The van der Waals surface area contributed by atoms with E-state index in [1.165, 1.54) is 76.2 Å². The van der Waals surface area contributed by atoms with Crippen LogP contribution in [0.25, 0.3) is 0 Å². The summed E-state index contributed by atoms with van der Waals surface area (Å²) in [6.45, 7) is 13.9. The van der Waals surface area contributed by atoms with Gasteiger partial charge >= 0.3 is 23.9 Å². The first-order valence-corrected chi connectivity index (χ1v) is 27.7. The molecule has 4 aromatic rings. The van der Waals surface area contributed by atoms with Crippen LogP contribution in [-0.4, -0.2) is 171 Å². The average Bonchev–Trinajstić information content (AvgIpc) is 1.59. The van der Waals surface area contributed by atoms with Crippen LogP contribution in [-0.2, 0) is 63.8 Å². The van der Waals surface area contributed by atoms with Gasteiger partial charge in [0.25, 0.3) is 23.6 Å². The van der Waals surface area contributed by atoms with Crippen LogP contribution in [0.15, 0.2) is 48.5 Å². The first kappa shape index (κ1) is 66.5. The maximum absolute atomic E-state index is 14.4. The zero-order chi connectivity index (χ0) is 61.6. The predicted octanol–water partition coefficient (Wildman–Crippen LogP) is 4.84. The van der Waals surface area contributed by atoms with Crippen molar-refractivity contribution in [1.29, 1.82) is 0 Å². The molecule has 0 aliphatic heterocycles. The third-order valence-electron chi connectivity index (χ3n) is 13.1. The number of nitrogens with one attached hydrogen (secondary N) is 4. The van der Waals surface area contributed by atoms with Gasteiger partial charge in [0.1, 0.15) is 73.6 Å². The van der Waals surface area contributed by atoms with Crippen molar-refractivity contribution in [3.63, 3.8) is 0 Å². The number of hydrogen-bond donors (Lipinski definition) is 8. The monoisotopic (exact) mass is 1170 g/mol. The average molecular weight is 1170 g/mol. The molecule has 4 amide bonds. The number of rotatable bonds is 32. The zero-order valence-electron chi connectivity index (χ0n) is 48.6. The molecule has 8 N–H and O–H groups in total. The summed E-state index contributed by atoms with van der Waals surface area (Å²) in [5.41, 5.74) is 2.17. The van der Waals surface area contributed by atoms with Crippen LogP contribution in [0.1, 0.15) is 141 Å². The van der Waals surface area contributed by atoms with Gasteiger partial charge in [-0.3, -0.25) is 38.4 Å². The van der Waals surface area contributed by atoms with E-state index in [1.807, 2.05) is 0 Å². The second-order valence-corrected chi connectivity index (χ2v) is 19.5. The Labute approximate surface area is 486 Å². The third-order valence-corrected chi connectivity index (χ3v) is 13.1. The lowest BCUT2D eigenvalue weighted by molar-refractivity contribution is -0.139. The number of carboxylic acid groups (broad SMARTS) is 4. The highest BCUT2D eigenvalue weighted by molar-refractivity contribution is 6.00. The van der Waals surface area contributed by atoms with E-state index in [1.54, 1.807) is 27.7 Å². The summed E-state index contributed by atoms with van der Waals surface area (Å²) in [4.78, 5) is 106. The Morgan fingerprint density at radius 1 is 0.333 bits per heavy atom. The Bertz CT molecular complexity index is 2530. The van der Waals surface area contributed by atoms with Gasteiger partial charge in [-0.2, -0.15) is 0 Å². The Morgan fingerprint density at radius 3 is 0.643 bits per heavy atom. The van der Waals surface area contributed by atoms with Gasteiger partial charge in [0.15, 0.2) is 0 Å². The van der Waals surface area contributed by atoms with Crippen molar-refractivity contribution in [2.24, 2.45) is 0 Å². The highest BCUT2D eigenvalue weighted by Crippen LogP contribution is 2.41. The van der Waals surface area contributed by atoms with Gasteiger partial charge in [-0.25, -0.2) is 0 Å². The lowest BCUT2D eigenvalue weighted by Gasteiger charge is -2.25. The Kier molecular flexibility index (Phi) is 25.7. The molecule has 0 spiro atoms. The Hall–Kier alpha value is -8.32. The molecule has 0 unspecified atom stereocenters. The standard InChI is InChI=1S/C60H76N4O20/c1-9-77-13-17-81-49-37-21-39-27-46(54(66)62-34(6)58(71)72)29-41(50(39)82-18-14-78-10-2)23-43-31-48(56(68)64-36(8)60(75)76)32-44(52(43)84-20-16-80-12-4)24-42-30-47(55(67)63-35(7)59(73)74)28-40(51(42)83-19-15-79-11-3)22-38(49)26-45(25-37)53(65)61-33(5)57(69)70/h25-36H,9-24H2,1-8H3,(H,61,65)(H,62,66)(H,63,67)(H,64,68)(H,69,70)(H,71,72)(H,73,74)(H,75,76)/t33-,34-,35-,36-/m0/s1. The van der Waals surface area contributed by atoms with E-state index in [0.29, 0.717) is 26.4 Å². The molecule has 0 saturated heterocycles. The minimum atomic E-state index is -1.36. The van der Waals surface area contributed by atoms with Crippen LogP contribution in [0.4, 0.5) is 0 Å². The molecule has 0 saturated carbocycles. The number of amides is 4. The molecule has 0 fully saturated rings. The van der Waals surface area contributed by atoms with Crippen molar-refractivity contribution in [3.05, 3.63) is 115 Å². The molecule has 0 heterocycles. The predicted molar refractivity (Wildman–Crippen MR) is 303 cm³/mol. The van der Waals surface area contributed by atoms with E-state index in [-0.39, 0.29) is 168 Å². The van der Waals surface area contributed by atoms with Crippen molar-refractivity contribution in [2.75, 3.05) is 79.3 Å². The molecule has 8 bridgehead atoms. The quantitative estimate of drug-likeness (QED) is 0.0267. The van der Waals surface area contributed by atoms with Crippen LogP contribution in [0.3, 0.4) is 0 Å². The summed E-state index contributed by atoms with van der Waals surface area (Å²) in [5.74, 6) is -7.71. The number of carboxylic acids is 4. The SMILES string of the molecule is CCOCCOc1c2cc(C(=O)N[C@@H](C)C(=O)O)cc1Cc1cc(C(=O)N[C@@H](C)C(=O)O)cc(c1OCCOCC)Cc1cc(C(=O)N[C@@H](C)C(=O)O)cc(c1OCCOCC)Cc1cc(C(=O)N[C@@H](C)C(=O)O)cc(c1OCCOCC)C2. The number of aliphatic carboxylic acids is 4. The Balaban J connectivity index is 2.07. The number of carbonyl (C=O) groups is 8. The second-order valence-electron chi connectivity index (χ2n) is 19.5. The maximum Gasteiger partial charge on any atom is 0.325 e. The molecule has 456 valence electrons. The summed E-state index contributed by atoms with van der Waals surface area (Å²) < 4.78 is 49.4. The molecule has 1 aliphatic carbocycles. The normalized spacial score (nSPS) is 13.2. The molecule has 5 rings (SSSR count). The lowest BCUT2D eigenvalue weighted by Crippen LogP contribution is -2.38. The summed E-state index contributed by atoms with van der Waals surface area (Å²) in [7, 11) is 0. The smallest absolute Gasteiger partial charge is 0.325 e. The molecular weight excluding hydrogens is 1100 g/mol. The summed E-state index contributed by atoms with van der Waals surface area (Å²) >= 11 is 0. The fourth-order valence-corrected chi connectivity index (χ4v) is 8.91. The fourth-order valence-electron chi connectivity index (χ4n) is 8.91. The third kappa shape index (κ3) is 18.9. The Morgan fingerprint density at radius 2 is 0.500 bits per heavy atom. The van der Waals surface area contributed by atoms with Crippen LogP contribution >= 0.6 is 0 Å². The lowest BCUT2D eigenvalue weighted by atomic mass is 9.88. The van der Waals surface area contributed by atoms with Crippen molar-refractivity contribution in [3.8, 4) is 23.0 Å². The van der Waals surface area contributed by atoms with Gasteiger partial charge in [-0.05, 0) is 148 Å². The van der Waals surface area contributed by atoms with Crippen molar-refractivity contribution < 1.29 is 96.7 Å². The van der Waals surface area contributed by atoms with E-state index in [4.69, 9.17) is 37.9 Å². The molecule has 84 heavy (non-hydrogen) atoms. The number of benzene rings is 4. The van der Waals surface area contributed by atoms with Gasteiger partial charge in [-0.15, -0.1) is 0 Å². The highest BCUT2D eigenvalue weighted by atomic mass is 16.5. The van der Waals surface area contributed by atoms with E-state index < -0.39 is 71.7 Å². The first-order chi connectivity index (χ1) is 40.1. The molecule has 4 aromatic carbocycles. The zero-order valence-corrected chi connectivity index (χ0v) is 48.6. The molecule has 0 aromatic heterocycles. The van der Waals surface area contributed by atoms with E-state index in [9.17, 15) is 58.8 Å². The van der Waals surface area contributed by atoms with Crippen LogP contribution in [0.2, 0.25) is 0 Å². The number of hydrogen-bond acceptors (Lipinski definition) is 16. The molecule has 4 atom stereocenters. The van der Waals surface area contributed by atoms with E-state index in [0.717, 1.165) is 0 Å². The molecule has 24 heteroatoms. The molecule has 0 radical (unpaired) electrons. The summed E-state index contributed by atoms with van der Waals surface area (Å²) in [6, 6.07) is 6.52. The largest absolute Gasteiger partial charge is 0.491 e. The molecular formula is C60H76N4O20. The van der Waals surface area contributed by atoms with E-state index >= 15 is 0 Å². The minimum absolute atomic E-state index is 0.0374. The van der Waals surface area contributed by atoms with Crippen LogP contribution < -0.4 is 40.2 Å². The van der Waals surface area contributed by atoms with Crippen molar-refractivity contribution in [1.82, 2.24) is 21.3 Å². The van der Waals surface area contributed by atoms with Gasteiger partial charge in [0.05, 0.1) is 26.4 Å². The highest BCUT2D eigenvalue weighted by Gasteiger charge is 2.30. The summed E-state index contributed by atoms with van der Waals surface area (Å²) in [5, 5.41) is 49.7. The van der Waals surface area contributed by atoms with Crippen molar-refractivity contribution >= 4 is 47.5 Å². The van der Waals surface area contributed by atoms with Gasteiger partial charge < -0.3 is 79.6 Å². The first-order valence-electron chi connectivity index (χ1n) is 27.7. The summed E-state index contributed by atoms with van der Waals surface area (Å²) in [6.07, 6.45) is -0.849. The fraction of sp³-hybridized carbons (Fsp3) is 0.467. The number of fused-ring (bicyclic) bond motifs is 8. The number of carbonyl (C=O) groups excluding carboxylic acids is 4. The molecule has 24 nitrogen and oxygen atoms in total. The molecule has 1 aliphatic rings.